The Kier molecular flexibility index (Phi) is 6.90. The van der Waals surface area contributed by atoms with Gasteiger partial charge in [0, 0.05) is 16.8 Å². The number of nitrogens with one attached hydrogen (secondary N) is 1. The predicted octanol–water partition coefficient (Wildman–Crippen LogP) is 4.32. The number of rotatable bonds is 8. The molecule has 182 valence electrons. The van der Waals surface area contributed by atoms with E-state index in [0.717, 1.165) is 5.56 Å². The standard InChI is InChI=1S/C26H25NO7S/c1-4-5-23(27-35(30,31)19-10-6-16(2)7-11-19)26(29)33-18-9-13-21-20-12-8-17(32-3)14-22(20)25(28)34-24(21)15-18/h6-15,23,27H,4-5H2,1-3H3/t23-/m0/s1. The van der Waals surface area contributed by atoms with Crippen molar-refractivity contribution in [2.45, 2.75) is 37.6 Å². The first kappa shape index (κ1) is 24.4. The van der Waals surface area contributed by atoms with E-state index in [1.165, 1.54) is 25.3 Å². The molecular formula is C26H25NO7S. The maximum Gasteiger partial charge on any atom is 0.344 e. The third-order valence-electron chi connectivity index (χ3n) is 5.60. The van der Waals surface area contributed by atoms with Crippen molar-refractivity contribution in [3.63, 3.8) is 0 Å². The first-order chi connectivity index (χ1) is 16.7. The minimum absolute atomic E-state index is 0.0630. The lowest BCUT2D eigenvalue weighted by atomic mass is 10.1. The average molecular weight is 496 g/mol. The summed E-state index contributed by atoms with van der Waals surface area (Å²) in [7, 11) is -2.42. The Bertz CT molecular complexity index is 1560. The van der Waals surface area contributed by atoms with Crippen LogP contribution >= 0.6 is 0 Å². The van der Waals surface area contributed by atoms with Crippen molar-refractivity contribution >= 4 is 37.7 Å². The van der Waals surface area contributed by atoms with Gasteiger partial charge in [0.2, 0.25) is 10.0 Å². The summed E-state index contributed by atoms with van der Waals surface area (Å²) in [5.74, 6) is -0.0892. The first-order valence-corrected chi connectivity index (χ1v) is 12.6. The number of esters is 1. The van der Waals surface area contributed by atoms with E-state index in [1.54, 1.807) is 42.5 Å². The number of carbonyl (C=O) groups is 1. The highest BCUT2D eigenvalue weighted by molar-refractivity contribution is 7.89. The third kappa shape index (κ3) is 5.21. The number of hydrogen-bond donors (Lipinski definition) is 1. The lowest BCUT2D eigenvalue weighted by Crippen LogP contribution is -2.42. The zero-order chi connectivity index (χ0) is 25.2. The number of benzene rings is 3. The molecule has 1 N–H and O–H groups in total. The fraction of sp³-hybridized carbons (Fsp3) is 0.231. The predicted molar refractivity (Wildman–Crippen MR) is 132 cm³/mol. The molecule has 0 saturated carbocycles. The van der Waals surface area contributed by atoms with Crippen LogP contribution in [0.2, 0.25) is 0 Å². The van der Waals surface area contributed by atoms with Crippen molar-refractivity contribution < 1.29 is 27.1 Å². The van der Waals surface area contributed by atoms with Gasteiger partial charge in [0.15, 0.2) is 0 Å². The molecule has 0 radical (unpaired) electrons. The molecule has 4 rings (SSSR count). The smallest absolute Gasteiger partial charge is 0.344 e. The van der Waals surface area contributed by atoms with Crippen molar-refractivity contribution in [3.8, 4) is 11.5 Å². The SMILES string of the molecule is CCC[C@H](NS(=O)(=O)c1ccc(C)cc1)C(=O)Oc1ccc2c(c1)oc(=O)c1cc(OC)ccc12. The minimum atomic E-state index is -3.93. The number of methoxy groups -OCH3 is 1. The van der Waals surface area contributed by atoms with Gasteiger partial charge in [-0.1, -0.05) is 31.0 Å². The second kappa shape index (κ2) is 9.89. The molecule has 1 aromatic heterocycles. The van der Waals surface area contributed by atoms with Gasteiger partial charge in [0.05, 0.1) is 17.4 Å². The summed E-state index contributed by atoms with van der Waals surface area (Å²) in [6.45, 7) is 3.69. The molecule has 0 bridgehead atoms. The molecule has 4 aromatic rings. The summed E-state index contributed by atoms with van der Waals surface area (Å²) in [5.41, 5.74) is 0.609. The van der Waals surface area contributed by atoms with Crippen molar-refractivity contribution in [1.82, 2.24) is 4.72 Å². The third-order valence-corrected chi connectivity index (χ3v) is 7.09. The van der Waals surface area contributed by atoms with Crippen LogP contribution in [0.4, 0.5) is 0 Å². The van der Waals surface area contributed by atoms with Gasteiger partial charge in [0.1, 0.15) is 23.1 Å². The largest absolute Gasteiger partial charge is 0.497 e. The highest BCUT2D eigenvalue weighted by atomic mass is 32.2. The van der Waals surface area contributed by atoms with Crippen LogP contribution < -0.4 is 19.8 Å². The number of sulfonamides is 1. The molecule has 35 heavy (non-hydrogen) atoms. The fourth-order valence-electron chi connectivity index (χ4n) is 3.76. The van der Waals surface area contributed by atoms with Crippen LogP contribution in [0.3, 0.4) is 0 Å². The zero-order valence-corrected chi connectivity index (χ0v) is 20.3. The molecule has 0 fully saturated rings. The van der Waals surface area contributed by atoms with Crippen molar-refractivity contribution in [1.29, 1.82) is 0 Å². The van der Waals surface area contributed by atoms with E-state index in [-0.39, 0.29) is 22.6 Å². The van der Waals surface area contributed by atoms with Gasteiger partial charge in [-0.2, -0.15) is 4.72 Å². The van der Waals surface area contributed by atoms with Gasteiger partial charge in [-0.3, -0.25) is 0 Å². The Morgan fingerprint density at radius 1 is 0.971 bits per heavy atom. The van der Waals surface area contributed by atoms with Crippen LogP contribution in [0.15, 0.2) is 74.8 Å². The molecule has 3 aromatic carbocycles. The quantitative estimate of drug-likeness (QED) is 0.168. The Hall–Kier alpha value is -3.69. The van der Waals surface area contributed by atoms with Crippen molar-refractivity contribution in [3.05, 3.63) is 76.6 Å². The molecule has 9 heteroatoms. The summed E-state index contributed by atoms with van der Waals surface area (Å²) >= 11 is 0. The lowest BCUT2D eigenvalue weighted by molar-refractivity contribution is -0.136. The molecule has 8 nitrogen and oxygen atoms in total. The van der Waals surface area contributed by atoms with E-state index in [9.17, 15) is 18.0 Å². The Morgan fingerprint density at radius 2 is 1.66 bits per heavy atom. The maximum atomic E-state index is 12.9. The van der Waals surface area contributed by atoms with Gasteiger partial charge in [-0.05, 0) is 55.8 Å². The van der Waals surface area contributed by atoms with Crippen LogP contribution in [-0.4, -0.2) is 27.5 Å². The summed E-state index contributed by atoms with van der Waals surface area (Å²) < 4.78 is 44.1. The van der Waals surface area contributed by atoms with Gasteiger partial charge in [0.25, 0.3) is 0 Å². The Labute approximate surface area is 202 Å². The number of aryl methyl sites for hydroxylation is 1. The number of ether oxygens (including phenoxy) is 2. The summed E-state index contributed by atoms with van der Waals surface area (Å²) in [4.78, 5) is 25.5. The summed E-state index contributed by atoms with van der Waals surface area (Å²) in [6.07, 6.45) is 0.803. The van der Waals surface area contributed by atoms with Crippen LogP contribution in [0.1, 0.15) is 25.3 Å². The van der Waals surface area contributed by atoms with E-state index in [4.69, 9.17) is 13.9 Å². The molecule has 1 atom stereocenters. The second-order valence-corrected chi connectivity index (χ2v) is 9.87. The van der Waals surface area contributed by atoms with Crippen LogP contribution in [0.25, 0.3) is 21.7 Å². The van der Waals surface area contributed by atoms with E-state index in [1.807, 2.05) is 13.8 Å². The lowest BCUT2D eigenvalue weighted by Gasteiger charge is -2.17. The monoisotopic (exact) mass is 495 g/mol. The topological polar surface area (TPSA) is 112 Å². The molecule has 0 aliphatic rings. The number of carbonyl (C=O) groups excluding carboxylic acids is 1. The summed E-state index contributed by atoms with van der Waals surface area (Å²) in [6, 6.07) is 15.0. The molecular weight excluding hydrogens is 470 g/mol. The maximum absolute atomic E-state index is 12.9. The Morgan fingerprint density at radius 3 is 2.34 bits per heavy atom. The molecule has 0 spiro atoms. The van der Waals surface area contributed by atoms with Crippen molar-refractivity contribution in [2.24, 2.45) is 0 Å². The fourth-order valence-corrected chi connectivity index (χ4v) is 4.97. The molecule has 1 heterocycles. The molecule has 0 aliphatic heterocycles. The first-order valence-electron chi connectivity index (χ1n) is 11.1. The zero-order valence-electron chi connectivity index (χ0n) is 19.5. The average Bonchev–Trinajstić information content (AvgIpc) is 2.83. The van der Waals surface area contributed by atoms with E-state index >= 15 is 0 Å². The number of hydrogen-bond acceptors (Lipinski definition) is 7. The van der Waals surface area contributed by atoms with Crippen LogP contribution in [0.5, 0.6) is 11.5 Å². The highest BCUT2D eigenvalue weighted by Gasteiger charge is 2.27. The molecule has 0 saturated heterocycles. The van der Waals surface area contributed by atoms with Gasteiger partial charge < -0.3 is 13.9 Å². The van der Waals surface area contributed by atoms with E-state index < -0.39 is 27.7 Å². The molecule has 0 unspecified atom stereocenters. The van der Waals surface area contributed by atoms with Crippen LogP contribution in [-0.2, 0) is 14.8 Å². The van der Waals surface area contributed by atoms with E-state index in [0.29, 0.717) is 28.3 Å². The van der Waals surface area contributed by atoms with E-state index in [2.05, 4.69) is 4.72 Å². The van der Waals surface area contributed by atoms with Gasteiger partial charge in [-0.15, -0.1) is 0 Å². The summed E-state index contributed by atoms with van der Waals surface area (Å²) in [5, 5.41) is 1.70. The number of fused-ring (bicyclic) bond motifs is 3. The van der Waals surface area contributed by atoms with Crippen LogP contribution in [0, 0.1) is 6.92 Å². The molecule has 0 amide bonds. The van der Waals surface area contributed by atoms with Gasteiger partial charge >= 0.3 is 11.6 Å². The molecule has 0 aliphatic carbocycles. The minimum Gasteiger partial charge on any atom is -0.497 e. The highest BCUT2D eigenvalue weighted by Crippen LogP contribution is 2.28. The normalized spacial score (nSPS) is 12.5. The van der Waals surface area contributed by atoms with Crippen molar-refractivity contribution in [2.75, 3.05) is 7.11 Å². The second-order valence-electron chi connectivity index (χ2n) is 8.16. The van der Waals surface area contributed by atoms with Gasteiger partial charge in [-0.25, -0.2) is 18.0 Å². The Balaban J connectivity index is 1.60.